The number of rotatable bonds is 5. The maximum Gasteiger partial charge on any atom is 0.417 e. The van der Waals surface area contributed by atoms with Gasteiger partial charge in [-0.25, -0.2) is 0 Å². The number of carbonyl (C=O) groups excluding carboxylic acids is 1. The third kappa shape index (κ3) is 4.93. The first-order valence-electron chi connectivity index (χ1n) is 11.0. The van der Waals surface area contributed by atoms with Crippen LogP contribution in [0.2, 0.25) is 0 Å². The average molecular weight is 478 g/mol. The number of carbonyl (C=O) groups is 1. The molecule has 0 saturated carbocycles. The molecule has 4 rings (SSSR count). The molecule has 0 spiro atoms. The molecule has 1 aliphatic rings. The summed E-state index contributed by atoms with van der Waals surface area (Å²) in [6, 6.07) is 10.6. The van der Waals surface area contributed by atoms with Crippen molar-refractivity contribution in [1.82, 2.24) is 8.86 Å². The van der Waals surface area contributed by atoms with E-state index in [0.29, 0.717) is 44.0 Å². The smallest absolute Gasteiger partial charge is 0.368 e. The maximum atomic E-state index is 13.3. The first kappa shape index (κ1) is 23.4. The topological polar surface area (TPSA) is 45.5 Å². The average Bonchev–Trinajstić information content (AvgIpc) is 3.11. The Hall–Kier alpha value is -2.81. The van der Waals surface area contributed by atoms with Crippen molar-refractivity contribution >= 4 is 33.2 Å². The molecule has 0 N–H and O–H groups in total. The number of hydrogen-bond donors (Lipinski definition) is 0. The van der Waals surface area contributed by atoms with Crippen LogP contribution in [0.5, 0.6) is 0 Å². The molecule has 1 amide bonds. The SMILES string of the molecule is CC(C)CCn1sc2cc(N3CCN(C(=O)c4ccccc4C(F)(F)F)CC3)ccc2c1=O. The molecule has 1 aromatic heterocycles. The summed E-state index contributed by atoms with van der Waals surface area (Å²) >= 11 is 1.46. The van der Waals surface area contributed by atoms with Crippen LogP contribution in [0.25, 0.3) is 10.1 Å². The lowest BCUT2D eigenvalue weighted by Crippen LogP contribution is -2.49. The van der Waals surface area contributed by atoms with Gasteiger partial charge in [0, 0.05) is 38.4 Å². The number of amides is 1. The van der Waals surface area contributed by atoms with Gasteiger partial charge in [0.15, 0.2) is 0 Å². The predicted octanol–water partition coefficient (Wildman–Crippen LogP) is 5.09. The minimum atomic E-state index is -4.57. The lowest BCUT2D eigenvalue weighted by atomic mass is 10.1. The van der Waals surface area contributed by atoms with Crippen LogP contribution in [-0.4, -0.2) is 40.9 Å². The van der Waals surface area contributed by atoms with Crippen molar-refractivity contribution in [3.63, 3.8) is 0 Å². The van der Waals surface area contributed by atoms with E-state index >= 15 is 0 Å². The summed E-state index contributed by atoms with van der Waals surface area (Å²) < 4.78 is 42.6. The standard InChI is InChI=1S/C24H26F3N3O2S/c1-16(2)9-10-30-23(32)19-8-7-17(15-21(19)33-30)28-11-13-29(14-12-28)22(31)18-5-3-4-6-20(18)24(25,26)27/h3-8,15-16H,9-14H2,1-2H3. The van der Waals surface area contributed by atoms with Gasteiger partial charge in [-0.3, -0.25) is 13.5 Å². The molecule has 0 aliphatic carbocycles. The molecule has 1 saturated heterocycles. The minimum Gasteiger partial charge on any atom is -0.368 e. The zero-order valence-corrected chi connectivity index (χ0v) is 19.4. The molecule has 1 aliphatic heterocycles. The van der Waals surface area contributed by atoms with Crippen LogP contribution in [0.1, 0.15) is 36.2 Å². The summed E-state index contributed by atoms with van der Waals surface area (Å²) in [5, 5.41) is 0.699. The number of aryl methyl sites for hydroxylation is 1. The quantitative estimate of drug-likeness (QED) is 0.514. The highest BCUT2D eigenvalue weighted by atomic mass is 32.1. The van der Waals surface area contributed by atoms with E-state index in [1.807, 2.05) is 18.2 Å². The van der Waals surface area contributed by atoms with Crippen molar-refractivity contribution in [2.75, 3.05) is 31.1 Å². The van der Waals surface area contributed by atoms with Gasteiger partial charge in [-0.15, -0.1) is 0 Å². The first-order valence-corrected chi connectivity index (χ1v) is 11.8. The summed E-state index contributed by atoms with van der Waals surface area (Å²) in [7, 11) is 0. The van der Waals surface area contributed by atoms with Crippen LogP contribution < -0.4 is 10.5 Å². The van der Waals surface area contributed by atoms with Crippen molar-refractivity contribution in [3.8, 4) is 0 Å². The molecule has 0 atom stereocenters. The van der Waals surface area contributed by atoms with Gasteiger partial charge in [-0.2, -0.15) is 13.2 Å². The van der Waals surface area contributed by atoms with Crippen LogP contribution in [0.4, 0.5) is 18.9 Å². The Labute approximate surface area is 194 Å². The van der Waals surface area contributed by atoms with E-state index in [0.717, 1.165) is 22.9 Å². The third-order valence-electron chi connectivity index (χ3n) is 5.94. The van der Waals surface area contributed by atoms with Gasteiger partial charge in [-0.05, 0) is 42.7 Å². The van der Waals surface area contributed by atoms with Gasteiger partial charge in [0.25, 0.3) is 11.5 Å². The Bertz CT molecular complexity index is 1210. The third-order valence-corrected chi connectivity index (χ3v) is 7.04. The molecule has 0 bridgehead atoms. The second-order valence-corrected chi connectivity index (χ2v) is 9.75. The summed E-state index contributed by atoms with van der Waals surface area (Å²) in [6.07, 6.45) is -3.64. The Balaban J connectivity index is 1.47. The van der Waals surface area contributed by atoms with Gasteiger partial charge in [-0.1, -0.05) is 37.5 Å². The number of halogens is 3. The summed E-state index contributed by atoms with van der Waals surface area (Å²) in [5.74, 6) is -0.0850. The number of alkyl halides is 3. The van der Waals surface area contributed by atoms with E-state index in [-0.39, 0.29) is 11.1 Å². The molecule has 5 nitrogen and oxygen atoms in total. The molecule has 176 valence electrons. The first-order chi connectivity index (χ1) is 15.6. The molecule has 3 aromatic rings. The normalized spacial score (nSPS) is 15.0. The fraction of sp³-hybridized carbons (Fsp3) is 0.417. The highest BCUT2D eigenvalue weighted by molar-refractivity contribution is 7.13. The van der Waals surface area contributed by atoms with E-state index in [2.05, 4.69) is 18.7 Å². The van der Waals surface area contributed by atoms with Crippen molar-refractivity contribution < 1.29 is 18.0 Å². The second kappa shape index (κ2) is 9.21. The maximum absolute atomic E-state index is 13.3. The Kier molecular flexibility index (Phi) is 6.52. The zero-order chi connectivity index (χ0) is 23.8. The van der Waals surface area contributed by atoms with E-state index in [9.17, 15) is 22.8 Å². The second-order valence-electron chi connectivity index (χ2n) is 8.68. The fourth-order valence-electron chi connectivity index (χ4n) is 4.03. The monoisotopic (exact) mass is 477 g/mol. The number of piperazine rings is 1. The van der Waals surface area contributed by atoms with E-state index in [4.69, 9.17) is 0 Å². The Morgan fingerprint density at radius 3 is 2.42 bits per heavy atom. The molecule has 2 aromatic carbocycles. The van der Waals surface area contributed by atoms with Crippen molar-refractivity contribution in [3.05, 3.63) is 63.9 Å². The zero-order valence-electron chi connectivity index (χ0n) is 18.6. The van der Waals surface area contributed by atoms with Crippen molar-refractivity contribution in [2.45, 2.75) is 33.0 Å². The van der Waals surface area contributed by atoms with Crippen molar-refractivity contribution in [2.24, 2.45) is 5.92 Å². The lowest BCUT2D eigenvalue weighted by Gasteiger charge is -2.36. The summed E-state index contributed by atoms with van der Waals surface area (Å²) in [6.45, 7) is 6.63. The highest BCUT2D eigenvalue weighted by Gasteiger charge is 2.36. The molecule has 9 heteroatoms. The predicted molar refractivity (Wildman–Crippen MR) is 125 cm³/mol. The van der Waals surface area contributed by atoms with Crippen LogP contribution in [-0.2, 0) is 12.7 Å². The van der Waals surface area contributed by atoms with E-state index in [1.165, 1.54) is 34.6 Å². The van der Waals surface area contributed by atoms with Crippen LogP contribution in [0.15, 0.2) is 47.3 Å². The summed E-state index contributed by atoms with van der Waals surface area (Å²) in [4.78, 5) is 29.0. The van der Waals surface area contributed by atoms with Gasteiger partial charge < -0.3 is 9.80 Å². The van der Waals surface area contributed by atoms with Gasteiger partial charge >= 0.3 is 6.18 Å². The molecular weight excluding hydrogens is 451 g/mol. The lowest BCUT2D eigenvalue weighted by molar-refractivity contribution is -0.138. The summed E-state index contributed by atoms with van der Waals surface area (Å²) in [5.41, 5.74) is -0.240. The number of nitrogens with zero attached hydrogens (tertiary/aromatic N) is 3. The van der Waals surface area contributed by atoms with Crippen molar-refractivity contribution in [1.29, 1.82) is 0 Å². The van der Waals surface area contributed by atoms with Crippen LogP contribution in [0, 0.1) is 5.92 Å². The molecule has 0 unspecified atom stereocenters. The highest BCUT2D eigenvalue weighted by Crippen LogP contribution is 2.33. The Morgan fingerprint density at radius 1 is 1.06 bits per heavy atom. The molecule has 1 fully saturated rings. The minimum absolute atomic E-state index is 0.0287. The van der Waals surface area contributed by atoms with E-state index < -0.39 is 17.6 Å². The van der Waals surface area contributed by atoms with E-state index in [1.54, 1.807) is 3.96 Å². The van der Waals surface area contributed by atoms with Crippen LogP contribution in [0.3, 0.4) is 0 Å². The van der Waals surface area contributed by atoms with Gasteiger partial charge in [0.1, 0.15) is 0 Å². The molecule has 2 heterocycles. The van der Waals surface area contributed by atoms with Crippen LogP contribution >= 0.6 is 11.5 Å². The number of anilines is 1. The fourth-order valence-corrected chi connectivity index (χ4v) is 5.07. The number of aromatic nitrogens is 1. The van der Waals surface area contributed by atoms with Gasteiger partial charge in [0.05, 0.1) is 21.2 Å². The molecule has 0 radical (unpaired) electrons. The Morgan fingerprint density at radius 2 is 1.76 bits per heavy atom. The number of hydrogen-bond acceptors (Lipinski definition) is 4. The van der Waals surface area contributed by atoms with Gasteiger partial charge in [0.2, 0.25) is 0 Å². The largest absolute Gasteiger partial charge is 0.417 e. The molecule has 33 heavy (non-hydrogen) atoms. The molecular formula is C24H26F3N3O2S. The number of benzene rings is 2. The number of fused-ring (bicyclic) bond motifs is 1.